The molecular weight excluding hydrogens is 270 g/mol. The fourth-order valence-electron chi connectivity index (χ4n) is 1.39. The van der Waals surface area contributed by atoms with Gasteiger partial charge in [0, 0.05) is 11.4 Å². The van der Waals surface area contributed by atoms with Gasteiger partial charge in [0.2, 0.25) is 10.0 Å². The Morgan fingerprint density at radius 3 is 2.44 bits per heavy atom. The van der Waals surface area contributed by atoms with Gasteiger partial charge >= 0.3 is 0 Å². The van der Waals surface area contributed by atoms with Crippen LogP contribution in [0.25, 0.3) is 0 Å². The zero-order valence-electron chi connectivity index (χ0n) is 11.2. The summed E-state index contributed by atoms with van der Waals surface area (Å²) in [5, 5.41) is 9.83. The minimum atomic E-state index is -3.42. The van der Waals surface area contributed by atoms with E-state index < -0.39 is 16.1 Å². The highest BCUT2D eigenvalue weighted by Gasteiger charge is 2.23. The summed E-state index contributed by atoms with van der Waals surface area (Å²) in [6.45, 7) is 7.89. The van der Waals surface area contributed by atoms with Crippen LogP contribution in [0.15, 0.2) is 16.3 Å². The Labute approximate surface area is 113 Å². The second kappa shape index (κ2) is 5.69. The smallest absolute Gasteiger partial charge is 0.250 e. The molecule has 104 valence electrons. The molecule has 18 heavy (non-hydrogen) atoms. The third-order valence-electron chi connectivity index (χ3n) is 2.69. The molecule has 0 amide bonds. The van der Waals surface area contributed by atoms with Crippen LogP contribution in [0.3, 0.4) is 0 Å². The summed E-state index contributed by atoms with van der Waals surface area (Å²) in [5.41, 5.74) is -0.231. The first-order valence-corrected chi connectivity index (χ1v) is 8.17. The maximum atomic E-state index is 11.9. The molecule has 1 aromatic rings. The molecule has 2 N–H and O–H groups in total. The Hall–Kier alpha value is -0.430. The molecule has 0 aromatic carbocycles. The predicted octanol–water partition coefficient (Wildman–Crippen LogP) is 2.13. The Morgan fingerprint density at radius 1 is 1.39 bits per heavy atom. The molecule has 0 aliphatic heterocycles. The first-order chi connectivity index (χ1) is 8.13. The van der Waals surface area contributed by atoms with Crippen molar-refractivity contribution in [3.8, 4) is 0 Å². The summed E-state index contributed by atoms with van der Waals surface area (Å²) >= 11 is 1.25. The molecule has 1 aromatic heterocycles. The highest BCUT2D eigenvalue weighted by molar-refractivity contribution is 7.91. The van der Waals surface area contributed by atoms with Gasteiger partial charge in [-0.15, -0.1) is 11.3 Å². The van der Waals surface area contributed by atoms with E-state index in [2.05, 4.69) is 4.72 Å². The zero-order chi connectivity index (χ0) is 14.0. The molecule has 1 heterocycles. The Kier molecular flexibility index (Phi) is 4.94. The predicted molar refractivity (Wildman–Crippen MR) is 74.3 cm³/mol. The summed E-state index contributed by atoms with van der Waals surface area (Å²) in [4.78, 5) is 0.963. The molecule has 0 fully saturated rings. The fraction of sp³-hybridized carbons (Fsp3) is 0.667. The first-order valence-electron chi connectivity index (χ1n) is 5.87. The SMILES string of the molecule is Cc1ccc(S(=O)(=O)NCC[C@@H](O)C(C)(C)C)s1. The summed E-state index contributed by atoms with van der Waals surface area (Å²) in [6.07, 6.45) is -0.113. The van der Waals surface area contributed by atoms with Crippen LogP contribution in [0.5, 0.6) is 0 Å². The van der Waals surface area contributed by atoms with Gasteiger partial charge in [-0.1, -0.05) is 20.8 Å². The molecule has 0 spiro atoms. The number of rotatable bonds is 5. The topological polar surface area (TPSA) is 66.4 Å². The number of aryl methyl sites for hydroxylation is 1. The van der Waals surface area contributed by atoms with Crippen molar-refractivity contribution < 1.29 is 13.5 Å². The summed E-state index contributed by atoms with van der Waals surface area (Å²) in [5.74, 6) is 0. The Morgan fingerprint density at radius 2 is 2.00 bits per heavy atom. The molecule has 4 nitrogen and oxygen atoms in total. The van der Waals surface area contributed by atoms with E-state index in [1.54, 1.807) is 12.1 Å². The number of thiophene rings is 1. The lowest BCUT2D eigenvalue weighted by Crippen LogP contribution is -2.32. The van der Waals surface area contributed by atoms with Gasteiger partial charge in [0.25, 0.3) is 0 Å². The molecule has 6 heteroatoms. The van der Waals surface area contributed by atoms with Gasteiger partial charge in [-0.2, -0.15) is 0 Å². The van der Waals surface area contributed by atoms with Crippen LogP contribution in [-0.2, 0) is 10.0 Å². The molecule has 0 aliphatic carbocycles. The molecule has 0 saturated heterocycles. The van der Waals surface area contributed by atoms with Crippen LogP contribution >= 0.6 is 11.3 Å². The van der Waals surface area contributed by atoms with Crippen LogP contribution in [0.1, 0.15) is 32.1 Å². The Balaban J connectivity index is 2.54. The lowest BCUT2D eigenvalue weighted by molar-refractivity contribution is 0.0571. The van der Waals surface area contributed by atoms with Gasteiger partial charge in [0.15, 0.2) is 0 Å². The van der Waals surface area contributed by atoms with Crippen molar-refractivity contribution >= 4 is 21.4 Å². The van der Waals surface area contributed by atoms with E-state index in [1.165, 1.54) is 11.3 Å². The molecule has 0 bridgehead atoms. The van der Waals surface area contributed by atoms with Gasteiger partial charge in [0.05, 0.1) is 6.10 Å². The van der Waals surface area contributed by atoms with Crippen molar-refractivity contribution in [3.63, 3.8) is 0 Å². The van der Waals surface area contributed by atoms with E-state index in [4.69, 9.17) is 0 Å². The largest absolute Gasteiger partial charge is 0.393 e. The normalized spacial score (nSPS) is 14.7. The van der Waals surface area contributed by atoms with Gasteiger partial charge in [-0.3, -0.25) is 0 Å². The number of aliphatic hydroxyl groups is 1. The van der Waals surface area contributed by atoms with E-state index in [1.807, 2.05) is 27.7 Å². The summed E-state index contributed by atoms with van der Waals surface area (Å²) < 4.78 is 26.6. The van der Waals surface area contributed by atoms with Gasteiger partial charge in [-0.05, 0) is 30.9 Å². The van der Waals surface area contributed by atoms with E-state index in [9.17, 15) is 13.5 Å². The molecule has 0 aliphatic rings. The first kappa shape index (κ1) is 15.6. The number of nitrogens with one attached hydrogen (secondary N) is 1. The lowest BCUT2D eigenvalue weighted by Gasteiger charge is -2.25. The zero-order valence-corrected chi connectivity index (χ0v) is 12.9. The Bertz CT molecular complexity index is 486. The maximum Gasteiger partial charge on any atom is 0.250 e. The van der Waals surface area contributed by atoms with Crippen molar-refractivity contribution in [2.75, 3.05) is 6.54 Å². The van der Waals surface area contributed by atoms with Crippen LogP contribution in [0, 0.1) is 12.3 Å². The van der Waals surface area contributed by atoms with Crippen molar-refractivity contribution in [1.29, 1.82) is 0 Å². The maximum absolute atomic E-state index is 11.9. The number of sulfonamides is 1. The van der Waals surface area contributed by atoms with Crippen LogP contribution in [-0.4, -0.2) is 26.2 Å². The average molecular weight is 291 g/mol. The van der Waals surface area contributed by atoms with Crippen LogP contribution in [0.2, 0.25) is 0 Å². The van der Waals surface area contributed by atoms with Crippen LogP contribution < -0.4 is 4.72 Å². The van der Waals surface area contributed by atoms with Crippen LogP contribution in [0.4, 0.5) is 0 Å². The molecule has 1 rings (SSSR count). The number of hydrogen-bond acceptors (Lipinski definition) is 4. The number of aliphatic hydroxyl groups excluding tert-OH is 1. The minimum absolute atomic E-state index is 0.231. The second-order valence-electron chi connectivity index (χ2n) is 5.43. The number of hydrogen-bond donors (Lipinski definition) is 2. The van der Waals surface area contributed by atoms with Crippen molar-refractivity contribution in [2.24, 2.45) is 5.41 Å². The van der Waals surface area contributed by atoms with E-state index in [0.717, 1.165) is 4.88 Å². The van der Waals surface area contributed by atoms with E-state index in [-0.39, 0.29) is 12.0 Å². The van der Waals surface area contributed by atoms with Gasteiger partial charge in [-0.25, -0.2) is 13.1 Å². The highest BCUT2D eigenvalue weighted by Crippen LogP contribution is 2.22. The molecule has 0 unspecified atom stereocenters. The molecule has 0 radical (unpaired) electrons. The van der Waals surface area contributed by atoms with Crippen molar-refractivity contribution in [1.82, 2.24) is 4.72 Å². The monoisotopic (exact) mass is 291 g/mol. The average Bonchev–Trinajstić information content (AvgIpc) is 2.63. The van der Waals surface area contributed by atoms with Crippen molar-refractivity contribution in [3.05, 3.63) is 17.0 Å². The minimum Gasteiger partial charge on any atom is -0.393 e. The highest BCUT2D eigenvalue weighted by atomic mass is 32.2. The van der Waals surface area contributed by atoms with E-state index >= 15 is 0 Å². The molecule has 0 saturated carbocycles. The third-order valence-corrected chi connectivity index (χ3v) is 5.64. The summed E-state index contributed by atoms with van der Waals surface area (Å²) in [7, 11) is -3.42. The van der Waals surface area contributed by atoms with Gasteiger partial charge in [0.1, 0.15) is 4.21 Å². The van der Waals surface area contributed by atoms with E-state index in [0.29, 0.717) is 10.6 Å². The molecular formula is C12H21NO3S2. The fourth-order valence-corrected chi connectivity index (χ4v) is 3.77. The quantitative estimate of drug-likeness (QED) is 0.873. The lowest BCUT2D eigenvalue weighted by atomic mass is 9.87. The second-order valence-corrected chi connectivity index (χ2v) is 8.72. The standard InChI is InChI=1S/C12H21NO3S2/c1-9-5-6-11(17-9)18(15,16)13-8-7-10(14)12(2,3)4/h5-6,10,13-14H,7-8H2,1-4H3/t10-/m1/s1. The summed E-state index contributed by atoms with van der Waals surface area (Å²) in [6, 6.07) is 3.38. The molecule has 1 atom stereocenters. The third kappa shape index (κ3) is 4.35. The van der Waals surface area contributed by atoms with Crippen molar-refractivity contribution in [2.45, 2.75) is 44.4 Å². The van der Waals surface area contributed by atoms with Gasteiger partial charge < -0.3 is 5.11 Å².